The van der Waals surface area contributed by atoms with Crippen molar-refractivity contribution in [2.45, 2.75) is 19.3 Å². The van der Waals surface area contributed by atoms with Gasteiger partial charge in [-0.2, -0.15) is 0 Å². The summed E-state index contributed by atoms with van der Waals surface area (Å²) in [4.78, 5) is 10.8. The van der Waals surface area contributed by atoms with Crippen molar-refractivity contribution in [3.63, 3.8) is 0 Å². The summed E-state index contributed by atoms with van der Waals surface area (Å²) in [5.74, 6) is 0.701. The number of benzene rings is 9. The van der Waals surface area contributed by atoms with Crippen molar-refractivity contribution in [1.29, 1.82) is 0 Å². The van der Waals surface area contributed by atoms with E-state index in [4.69, 9.17) is 9.97 Å². The van der Waals surface area contributed by atoms with E-state index in [1.165, 1.54) is 70.2 Å². The minimum atomic E-state index is -0.200. The van der Waals surface area contributed by atoms with E-state index in [0.717, 1.165) is 44.8 Å². The highest BCUT2D eigenvalue weighted by atomic mass is 32.1. The molecule has 0 aliphatic heterocycles. The van der Waals surface area contributed by atoms with Crippen LogP contribution in [0.1, 0.15) is 25.0 Å². The first-order chi connectivity index (χ1) is 31.5. The summed E-state index contributed by atoms with van der Waals surface area (Å²) in [7, 11) is 0. The highest BCUT2D eigenvalue weighted by molar-refractivity contribution is 7.26. The van der Waals surface area contributed by atoms with Gasteiger partial charge in [-0.15, -0.1) is 11.3 Å². The zero-order valence-electron chi connectivity index (χ0n) is 35.6. The SMILES string of the molecule is CC1(C)c2cc(-c3cc(-c4cc(-c5cccc(-c6ccccc6)c5)cc(-c5cccc6c5sc5ccccc56)c4)nc(-c4ccccc4)n3)ccc2-c2c(-c3ccccc3)cccc21. The molecule has 0 bridgehead atoms. The largest absolute Gasteiger partial charge is 0.228 e. The van der Waals surface area contributed by atoms with Crippen molar-refractivity contribution < 1.29 is 0 Å². The first kappa shape index (κ1) is 38.0. The average molecular weight is 835 g/mol. The zero-order valence-corrected chi connectivity index (χ0v) is 36.4. The number of hydrogen-bond acceptors (Lipinski definition) is 3. The van der Waals surface area contributed by atoms with E-state index in [1.54, 1.807) is 0 Å². The molecule has 0 saturated carbocycles. The van der Waals surface area contributed by atoms with E-state index in [-0.39, 0.29) is 5.41 Å². The molecule has 0 radical (unpaired) electrons. The summed E-state index contributed by atoms with van der Waals surface area (Å²) >= 11 is 1.86. The second kappa shape index (κ2) is 15.3. The lowest BCUT2D eigenvalue weighted by Crippen LogP contribution is -2.15. The lowest BCUT2D eigenvalue weighted by Gasteiger charge is -2.22. The summed E-state index contributed by atoms with van der Waals surface area (Å²) in [5.41, 5.74) is 19.5. The van der Waals surface area contributed by atoms with Crippen molar-refractivity contribution in [3.05, 3.63) is 230 Å². The summed E-state index contributed by atoms with van der Waals surface area (Å²) in [5, 5.41) is 2.57. The lowest BCUT2D eigenvalue weighted by atomic mass is 9.81. The van der Waals surface area contributed by atoms with E-state index in [2.05, 4.69) is 226 Å². The predicted molar refractivity (Wildman–Crippen MR) is 271 cm³/mol. The highest BCUT2D eigenvalue weighted by Crippen LogP contribution is 2.53. The van der Waals surface area contributed by atoms with E-state index >= 15 is 0 Å². The molecule has 2 heterocycles. The molecule has 0 fully saturated rings. The number of aromatic nitrogens is 2. The monoisotopic (exact) mass is 834 g/mol. The quantitative estimate of drug-likeness (QED) is 0.160. The maximum absolute atomic E-state index is 5.40. The van der Waals surface area contributed by atoms with Crippen LogP contribution in [0, 0.1) is 0 Å². The van der Waals surface area contributed by atoms with Gasteiger partial charge in [0, 0.05) is 42.3 Å². The molecule has 3 heteroatoms. The molecule has 2 nitrogen and oxygen atoms in total. The van der Waals surface area contributed by atoms with Crippen LogP contribution in [0.25, 0.3) is 110 Å². The normalized spacial score (nSPS) is 12.7. The molecule has 0 N–H and O–H groups in total. The fraction of sp³-hybridized carbons (Fsp3) is 0.0492. The van der Waals surface area contributed by atoms with Gasteiger partial charge in [0.15, 0.2) is 5.82 Å². The Balaban J connectivity index is 1.06. The minimum absolute atomic E-state index is 0.200. The fourth-order valence-electron chi connectivity index (χ4n) is 9.85. The number of hydrogen-bond donors (Lipinski definition) is 0. The molecule has 1 aliphatic carbocycles. The Hall–Kier alpha value is -7.72. The Morgan fingerprint density at radius 1 is 0.344 bits per heavy atom. The molecule has 64 heavy (non-hydrogen) atoms. The summed E-state index contributed by atoms with van der Waals surface area (Å²) in [6.07, 6.45) is 0. The zero-order chi connectivity index (χ0) is 42.8. The van der Waals surface area contributed by atoms with E-state index in [1.807, 2.05) is 17.4 Å². The molecule has 9 aromatic carbocycles. The third kappa shape index (κ3) is 6.47. The first-order valence-electron chi connectivity index (χ1n) is 22.0. The molecular weight excluding hydrogens is 793 g/mol. The molecule has 0 unspecified atom stereocenters. The topological polar surface area (TPSA) is 25.8 Å². The Morgan fingerprint density at radius 3 is 1.69 bits per heavy atom. The van der Waals surface area contributed by atoms with Gasteiger partial charge in [0.25, 0.3) is 0 Å². The molecule has 2 aromatic heterocycles. The average Bonchev–Trinajstić information content (AvgIpc) is 3.86. The van der Waals surface area contributed by atoms with Gasteiger partial charge in [-0.25, -0.2) is 9.97 Å². The van der Waals surface area contributed by atoms with Gasteiger partial charge < -0.3 is 0 Å². The van der Waals surface area contributed by atoms with Crippen LogP contribution in [0.2, 0.25) is 0 Å². The van der Waals surface area contributed by atoms with Crippen molar-refractivity contribution in [3.8, 4) is 89.5 Å². The first-order valence-corrected chi connectivity index (χ1v) is 22.8. The van der Waals surface area contributed by atoms with Gasteiger partial charge in [-0.3, -0.25) is 0 Å². The van der Waals surface area contributed by atoms with E-state index in [0.29, 0.717) is 5.82 Å². The smallest absolute Gasteiger partial charge is 0.160 e. The number of nitrogens with zero attached hydrogens (tertiary/aromatic N) is 2. The van der Waals surface area contributed by atoms with Crippen LogP contribution in [0.15, 0.2) is 218 Å². The number of thiophene rings is 1. The summed E-state index contributed by atoms with van der Waals surface area (Å²) in [6.45, 7) is 4.71. The second-order valence-corrected chi connectivity index (χ2v) is 18.4. The molecule has 0 amide bonds. The predicted octanol–water partition coefficient (Wildman–Crippen LogP) is 16.8. The van der Waals surface area contributed by atoms with Crippen LogP contribution in [0.5, 0.6) is 0 Å². The Bertz CT molecular complexity index is 3570. The molecule has 0 spiro atoms. The van der Waals surface area contributed by atoms with E-state index in [9.17, 15) is 0 Å². The number of rotatable bonds is 7. The third-order valence-corrected chi connectivity index (χ3v) is 14.3. The van der Waals surface area contributed by atoms with Crippen LogP contribution < -0.4 is 0 Å². The molecule has 11 aromatic rings. The van der Waals surface area contributed by atoms with Crippen LogP contribution in [-0.2, 0) is 5.41 Å². The number of fused-ring (bicyclic) bond motifs is 6. The van der Waals surface area contributed by atoms with Crippen LogP contribution in [0.3, 0.4) is 0 Å². The van der Waals surface area contributed by atoms with Crippen LogP contribution >= 0.6 is 11.3 Å². The van der Waals surface area contributed by atoms with Gasteiger partial charge in [-0.05, 0) is 109 Å². The molecule has 1 aliphatic rings. The molecular formula is C61H42N2S. The maximum Gasteiger partial charge on any atom is 0.160 e. The lowest BCUT2D eigenvalue weighted by molar-refractivity contribution is 0.660. The molecule has 0 atom stereocenters. The summed E-state index contributed by atoms with van der Waals surface area (Å²) < 4.78 is 2.58. The van der Waals surface area contributed by atoms with Crippen molar-refractivity contribution in [2.24, 2.45) is 0 Å². The van der Waals surface area contributed by atoms with Crippen molar-refractivity contribution >= 4 is 31.5 Å². The molecule has 12 rings (SSSR count). The summed E-state index contributed by atoms with van der Waals surface area (Å²) in [6, 6.07) is 79.1. The van der Waals surface area contributed by atoms with Gasteiger partial charge in [0.05, 0.1) is 11.4 Å². The van der Waals surface area contributed by atoms with E-state index < -0.39 is 0 Å². The standard InChI is InChI=1S/C61H42N2S/c1-61(2)53-29-16-26-48(40-19-8-4-9-20-40)58(53)52-32-31-44(37-54(52)61)55-38-56(63-60(62-55)41-21-10-5-11-22-41)47-35-45(43-24-14-23-42(33-43)39-17-6-3-7-18-39)34-46(36-47)49-27-15-28-51-50-25-12-13-30-57(50)64-59(49)51/h3-38H,1-2H3. The van der Waals surface area contributed by atoms with Crippen LogP contribution in [-0.4, -0.2) is 9.97 Å². The third-order valence-electron chi connectivity index (χ3n) is 13.1. The van der Waals surface area contributed by atoms with Crippen LogP contribution in [0.4, 0.5) is 0 Å². The fourth-order valence-corrected chi connectivity index (χ4v) is 11.1. The highest BCUT2D eigenvalue weighted by Gasteiger charge is 2.37. The minimum Gasteiger partial charge on any atom is -0.228 e. The van der Waals surface area contributed by atoms with Gasteiger partial charge in [0.2, 0.25) is 0 Å². The van der Waals surface area contributed by atoms with Crippen molar-refractivity contribution in [1.82, 2.24) is 9.97 Å². The second-order valence-electron chi connectivity index (χ2n) is 17.3. The Morgan fingerprint density at radius 2 is 0.906 bits per heavy atom. The van der Waals surface area contributed by atoms with Gasteiger partial charge in [-0.1, -0.05) is 190 Å². The van der Waals surface area contributed by atoms with Gasteiger partial charge in [0.1, 0.15) is 0 Å². The molecule has 0 saturated heterocycles. The molecule has 302 valence electrons. The van der Waals surface area contributed by atoms with Gasteiger partial charge >= 0.3 is 0 Å². The Labute approximate surface area is 377 Å². The Kier molecular flexibility index (Phi) is 9.06. The van der Waals surface area contributed by atoms with Crippen molar-refractivity contribution in [2.75, 3.05) is 0 Å². The maximum atomic E-state index is 5.40.